The summed E-state index contributed by atoms with van der Waals surface area (Å²) < 4.78 is 87.8. The molecule has 1 unspecified atom stereocenters. The van der Waals surface area contributed by atoms with Crippen molar-refractivity contribution in [1.82, 2.24) is 34.3 Å². The molecular weight excluding hydrogens is 672 g/mol. The molecule has 18 heteroatoms. The predicted molar refractivity (Wildman–Crippen MR) is 170 cm³/mol. The van der Waals surface area contributed by atoms with Crippen LogP contribution >= 0.6 is 0 Å². The van der Waals surface area contributed by atoms with Crippen LogP contribution in [0.25, 0.3) is 10.9 Å². The molecule has 2 N–H and O–H groups in total. The van der Waals surface area contributed by atoms with Crippen LogP contribution in [0, 0.1) is 0 Å². The Bertz CT molecular complexity index is 1780. The number of carbonyl (C=O) groups is 2. The molecule has 5 heterocycles. The molecule has 0 aliphatic carbocycles. The Morgan fingerprint density at radius 2 is 1.73 bits per heavy atom. The van der Waals surface area contributed by atoms with E-state index in [2.05, 4.69) is 30.4 Å². The molecule has 266 valence electrons. The monoisotopic (exact) mass is 710 g/mol. The molecule has 49 heavy (non-hydrogen) atoms. The number of anilines is 1. The molecule has 3 aliphatic heterocycles. The van der Waals surface area contributed by atoms with E-state index in [0.29, 0.717) is 38.0 Å². The second-order valence-electron chi connectivity index (χ2n) is 12.7. The van der Waals surface area contributed by atoms with E-state index in [0.717, 1.165) is 33.2 Å². The lowest BCUT2D eigenvalue weighted by molar-refractivity contribution is -0.134. The van der Waals surface area contributed by atoms with Gasteiger partial charge in [-0.05, 0) is 62.7 Å². The summed E-state index contributed by atoms with van der Waals surface area (Å²) >= 11 is 0. The van der Waals surface area contributed by atoms with E-state index in [1.807, 2.05) is 30.1 Å². The van der Waals surface area contributed by atoms with Crippen molar-refractivity contribution in [3.05, 3.63) is 41.9 Å². The Hall–Kier alpha value is -3.90. The summed E-state index contributed by atoms with van der Waals surface area (Å²) in [4.78, 5) is 33.7. The fourth-order valence-electron chi connectivity index (χ4n) is 6.84. The van der Waals surface area contributed by atoms with Crippen LogP contribution in [0.2, 0.25) is 0 Å². The van der Waals surface area contributed by atoms with Crippen molar-refractivity contribution >= 4 is 38.7 Å². The predicted octanol–water partition coefficient (Wildman–Crippen LogP) is 3.55. The third-order valence-corrected chi connectivity index (χ3v) is 11.6. The fraction of sp³-hybridized carbons (Fsp3) is 0.581. The standard InChI is InChI=1S/C31H38F4N8O5S/c1-41-25-16-20(2-3-23(25)27(40-41)24-4-5-26(44)39-28(24)45)19-6-11-42(12-7-19)15-10-31(34,35)49(46,47)43-13-8-21(9-14-43)38-30-36-17-22(18-37-30)48-29(32)33/h2-3,16-19,21,24,29H,4-15H2,1H3,(H,36,37,38)(H,39,44,45). The van der Waals surface area contributed by atoms with Gasteiger partial charge in [-0.2, -0.15) is 27.0 Å². The lowest BCUT2D eigenvalue weighted by Crippen LogP contribution is -2.49. The van der Waals surface area contributed by atoms with Gasteiger partial charge in [-0.3, -0.25) is 19.6 Å². The summed E-state index contributed by atoms with van der Waals surface area (Å²) in [6.07, 6.45) is 3.92. The molecule has 3 fully saturated rings. The molecule has 0 spiro atoms. The highest BCUT2D eigenvalue weighted by molar-refractivity contribution is 7.90. The molecule has 1 aromatic carbocycles. The van der Waals surface area contributed by atoms with Crippen LogP contribution in [0.3, 0.4) is 0 Å². The summed E-state index contributed by atoms with van der Waals surface area (Å²) in [5.74, 6) is -1.01. The first-order valence-electron chi connectivity index (χ1n) is 16.2. The van der Waals surface area contributed by atoms with Crippen LogP contribution in [0.1, 0.15) is 68.0 Å². The molecule has 0 saturated carbocycles. The fourth-order valence-corrected chi connectivity index (χ4v) is 8.26. The summed E-state index contributed by atoms with van der Waals surface area (Å²) in [7, 11) is -3.08. The van der Waals surface area contributed by atoms with E-state index in [1.54, 1.807) is 4.68 Å². The highest BCUT2D eigenvalue weighted by atomic mass is 32.2. The molecule has 1 atom stereocenters. The number of nitrogens with zero attached hydrogens (tertiary/aromatic N) is 6. The zero-order valence-electron chi connectivity index (χ0n) is 26.8. The molecular formula is C31H38F4N8O5S. The van der Waals surface area contributed by atoms with Crippen LogP contribution in [-0.4, -0.2) is 99.8 Å². The van der Waals surface area contributed by atoms with E-state index < -0.39 is 34.2 Å². The number of aryl methyl sites for hydroxylation is 1. The number of aromatic nitrogens is 4. The zero-order valence-corrected chi connectivity index (χ0v) is 27.6. The molecule has 3 aromatic rings. The first-order valence-corrected chi connectivity index (χ1v) is 17.7. The minimum Gasteiger partial charge on any atom is -0.432 e. The molecule has 3 saturated heterocycles. The van der Waals surface area contributed by atoms with Gasteiger partial charge < -0.3 is 15.0 Å². The quantitative estimate of drug-likeness (QED) is 0.223. The van der Waals surface area contributed by atoms with E-state index in [4.69, 9.17) is 0 Å². The third kappa shape index (κ3) is 7.65. The van der Waals surface area contributed by atoms with Gasteiger partial charge in [-0.25, -0.2) is 18.4 Å². The zero-order chi connectivity index (χ0) is 34.9. The van der Waals surface area contributed by atoms with Gasteiger partial charge in [0.15, 0.2) is 5.75 Å². The average molecular weight is 711 g/mol. The van der Waals surface area contributed by atoms with Crippen molar-refractivity contribution in [2.75, 3.05) is 38.0 Å². The number of alkyl halides is 4. The van der Waals surface area contributed by atoms with E-state index in [9.17, 15) is 26.8 Å². The number of ether oxygens (including phenoxy) is 1. The van der Waals surface area contributed by atoms with Gasteiger partial charge in [0.25, 0.3) is 10.0 Å². The number of piperidine rings is 3. The Morgan fingerprint density at radius 1 is 1.04 bits per heavy atom. The molecule has 2 aromatic heterocycles. The van der Waals surface area contributed by atoms with Crippen molar-refractivity contribution in [2.24, 2.45) is 7.05 Å². The van der Waals surface area contributed by atoms with Crippen molar-refractivity contribution in [2.45, 2.75) is 74.7 Å². The number of benzene rings is 1. The van der Waals surface area contributed by atoms with Crippen LogP contribution in [0.5, 0.6) is 5.75 Å². The lowest BCUT2D eigenvalue weighted by atomic mass is 9.88. The van der Waals surface area contributed by atoms with E-state index >= 15 is 8.78 Å². The minimum atomic E-state index is -4.89. The normalized spacial score (nSPS) is 21.0. The van der Waals surface area contributed by atoms with Gasteiger partial charge >= 0.3 is 11.9 Å². The van der Waals surface area contributed by atoms with Crippen molar-refractivity contribution in [3.8, 4) is 5.75 Å². The van der Waals surface area contributed by atoms with Crippen LogP contribution in [0.15, 0.2) is 30.6 Å². The smallest absolute Gasteiger partial charge is 0.387 e. The Morgan fingerprint density at radius 3 is 2.39 bits per heavy atom. The van der Waals surface area contributed by atoms with Gasteiger partial charge in [0.2, 0.25) is 17.8 Å². The number of nitrogens with one attached hydrogen (secondary N) is 2. The number of hydrogen-bond donors (Lipinski definition) is 2. The topological polar surface area (TPSA) is 152 Å². The largest absolute Gasteiger partial charge is 0.432 e. The summed E-state index contributed by atoms with van der Waals surface area (Å²) in [5, 5.41) is 6.88. The summed E-state index contributed by atoms with van der Waals surface area (Å²) in [5.41, 5.74) is 2.59. The third-order valence-electron chi connectivity index (χ3n) is 9.61. The van der Waals surface area contributed by atoms with E-state index in [-0.39, 0.29) is 74.4 Å². The maximum atomic E-state index is 15.2. The number of likely N-dealkylation sites (tertiary alicyclic amines) is 1. The second-order valence-corrected chi connectivity index (χ2v) is 14.8. The highest BCUT2D eigenvalue weighted by Crippen LogP contribution is 2.36. The minimum absolute atomic E-state index is 0.0599. The van der Waals surface area contributed by atoms with Crippen molar-refractivity contribution in [1.29, 1.82) is 0 Å². The van der Waals surface area contributed by atoms with Crippen LogP contribution in [-0.2, 0) is 26.7 Å². The van der Waals surface area contributed by atoms with Crippen molar-refractivity contribution < 1.29 is 40.3 Å². The maximum absolute atomic E-state index is 15.2. The first-order chi connectivity index (χ1) is 23.3. The van der Waals surface area contributed by atoms with Gasteiger partial charge in [0, 0.05) is 51.0 Å². The van der Waals surface area contributed by atoms with Crippen molar-refractivity contribution in [3.63, 3.8) is 0 Å². The average Bonchev–Trinajstić information content (AvgIpc) is 3.40. The maximum Gasteiger partial charge on any atom is 0.387 e. The molecule has 13 nitrogen and oxygen atoms in total. The van der Waals surface area contributed by atoms with Crippen LogP contribution < -0.4 is 15.4 Å². The Balaban J connectivity index is 0.981. The SMILES string of the molecule is Cn1nc(C2CCC(=O)NC2=O)c2ccc(C3CCN(CCC(F)(F)S(=O)(=O)N4CCC(Nc5ncc(OC(F)F)cn5)CC4)CC3)cc21. The Kier molecular flexibility index (Phi) is 10.1. The number of halogens is 4. The number of fused-ring (bicyclic) bond motifs is 1. The molecule has 6 rings (SSSR count). The van der Waals surface area contributed by atoms with Gasteiger partial charge in [-0.1, -0.05) is 12.1 Å². The van der Waals surface area contributed by atoms with Crippen LogP contribution in [0.4, 0.5) is 23.5 Å². The number of amides is 2. The number of imide groups is 1. The summed E-state index contributed by atoms with van der Waals surface area (Å²) in [6.45, 7) is -2.20. The molecule has 3 aliphatic rings. The Labute approximate surface area is 280 Å². The number of hydrogen-bond acceptors (Lipinski definition) is 10. The summed E-state index contributed by atoms with van der Waals surface area (Å²) in [6, 6.07) is 5.72. The van der Waals surface area contributed by atoms with Gasteiger partial charge in [0.1, 0.15) is 0 Å². The number of carbonyl (C=O) groups excluding carboxylic acids is 2. The van der Waals surface area contributed by atoms with E-state index in [1.165, 1.54) is 0 Å². The number of rotatable bonds is 11. The first kappa shape index (κ1) is 34.9. The number of sulfonamides is 1. The lowest BCUT2D eigenvalue weighted by Gasteiger charge is -2.35. The highest BCUT2D eigenvalue weighted by Gasteiger charge is 2.49. The van der Waals surface area contributed by atoms with Gasteiger partial charge in [-0.15, -0.1) is 0 Å². The van der Waals surface area contributed by atoms with Gasteiger partial charge in [0.05, 0.1) is 29.5 Å². The molecule has 0 bridgehead atoms. The second kappa shape index (κ2) is 14.1. The molecule has 0 radical (unpaired) electrons. The molecule has 2 amide bonds.